The number of rotatable bonds is 4. The van der Waals surface area contributed by atoms with Gasteiger partial charge in [-0.15, -0.1) is 0 Å². The van der Waals surface area contributed by atoms with E-state index in [4.69, 9.17) is 23.7 Å². The maximum atomic E-state index is 12.6. The van der Waals surface area contributed by atoms with Gasteiger partial charge in [-0.05, 0) is 12.1 Å². The van der Waals surface area contributed by atoms with Gasteiger partial charge in [-0.2, -0.15) is 0 Å². The third kappa shape index (κ3) is 3.80. The molecule has 2 aliphatic rings. The fraction of sp³-hybridized carbons (Fsp3) is 0.381. The summed E-state index contributed by atoms with van der Waals surface area (Å²) < 4.78 is 28.4. The van der Waals surface area contributed by atoms with Gasteiger partial charge in [0.1, 0.15) is 18.3 Å². The predicted octanol–water partition coefficient (Wildman–Crippen LogP) is 2.06. The van der Waals surface area contributed by atoms with Crippen LogP contribution in [-0.4, -0.2) is 55.5 Å². The van der Waals surface area contributed by atoms with Gasteiger partial charge in [0.25, 0.3) is 0 Å². The van der Waals surface area contributed by atoms with Gasteiger partial charge in [-0.3, -0.25) is 0 Å². The molecule has 2 fully saturated rings. The summed E-state index contributed by atoms with van der Waals surface area (Å²) >= 11 is 0. The average molecular weight is 386 g/mol. The minimum absolute atomic E-state index is 0.218. The Labute approximate surface area is 162 Å². The minimum Gasteiger partial charge on any atom is -0.453 e. The Kier molecular flexibility index (Phi) is 5.70. The number of esters is 1. The van der Waals surface area contributed by atoms with Gasteiger partial charge in [0.05, 0.1) is 12.2 Å². The van der Waals surface area contributed by atoms with E-state index in [9.17, 15) is 9.90 Å². The van der Waals surface area contributed by atoms with Crippen LogP contribution in [0.25, 0.3) is 0 Å². The molecule has 0 spiro atoms. The van der Waals surface area contributed by atoms with E-state index in [2.05, 4.69) is 0 Å². The molecule has 7 nitrogen and oxygen atoms in total. The first-order chi connectivity index (χ1) is 13.7. The Morgan fingerprint density at radius 2 is 1.71 bits per heavy atom. The van der Waals surface area contributed by atoms with Crippen molar-refractivity contribution in [2.75, 3.05) is 13.7 Å². The molecule has 6 atom stereocenters. The number of hydrogen-bond donors (Lipinski definition) is 1. The van der Waals surface area contributed by atoms with Gasteiger partial charge in [-0.25, -0.2) is 4.79 Å². The molecule has 148 valence electrons. The van der Waals surface area contributed by atoms with Crippen LogP contribution in [0.15, 0.2) is 60.7 Å². The summed E-state index contributed by atoms with van der Waals surface area (Å²) in [5.74, 6) is -0.550. The SMILES string of the molecule is CO[C@@H]1O[C@@H]2COC(c3ccccc3)O[C@H]2[C@H](OC(=O)c2ccccc2)[C@@H]1O. The number of aliphatic hydroxyl groups excluding tert-OH is 1. The number of carbonyl (C=O) groups excluding carboxylic acids is 1. The maximum absolute atomic E-state index is 12.6. The van der Waals surface area contributed by atoms with Crippen molar-refractivity contribution >= 4 is 5.97 Å². The van der Waals surface area contributed by atoms with Crippen molar-refractivity contribution in [2.45, 2.75) is 37.0 Å². The van der Waals surface area contributed by atoms with E-state index in [1.165, 1.54) is 7.11 Å². The topological polar surface area (TPSA) is 83.5 Å². The fourth-order valence-corrected chi connectivity index (χ4v) is 3.44. The third-order valence-corrected chi connectivity index (χ3v) is 4.86. The van der Waals surface area contributed by atoms with E-state index >= 15 is 0 Å². The van der Waals surface area contributed by atoms with Gasteiger partial charge in [-0.1, -0.05) is 48.5 Å². The lowest BCUT2D eigenvalue weighted by Crippen LogP contribution is -2.63. The largest absolute Gasteiger partial charge is 0.453 e. The zero-order valence-electron chi connectivity index (χ0n) is 15.3. The van der Waals surface area contributed by atoms with Gasteiger partial charge in [0.2, 0.25) is 0 Å². The van der Waals surface area contributed by atoms with Crippen molar-refractivity contribution in [1.29, 1.82) is 0 Å². The normalized spacial score (nSPS) is 32.4. The van der Waals surface area contributed by atoms with Crippen LogP contribution in [-0.2, 0) is 23.7 Å². The molecule has 0 saturated carbocycles. The molecular weight excluding hydrogens is 364 g/mol. The Hall–Kier alpha value is -2.29. The van der Waals surface area contributed by atoms with Crippen LogP contribution in [0, 0.1) is 0 Å². The molecular formula is C21H22O7. The van der Waals surface area contributed by atoms with Crippen molar-refractivity contribution in [3.63, 3.8) is 0 Å². The molecule has 2 aromatic carbocycles. The lowest BCUT2D eigenvalue weighted by atomic mass is 9.97. The summed E-state index contributed by atoms with van der Waals surface area (Å²) in [7, 11) is 1.42. The molecule has 2 saturated heterocycles. The number of carbonyl (C=O) groups is 1. The zero-order valence-corrected chi connectivity index (χ0v) is 15.3. The Morgan fingerprint density at radius 3 is 2.39 bits per heavy atom. The Balaban J connectivity index is 1.56. The first kappa shape index (κ1) is 19.0. The van der Waals surface area contributed by atoms with Crippen molar-refractivity contribution in [1.82, 2.24) is 0 Å². The number of methoxy groups -OCH3 is 1. The second-order valence-electron chi connectivity index (χ2n) is 6.68. The molecule has 7 heteroatoms. The quantitative estimate of drug-likeness (QED) is 0.806. The summed E-state index contributed by atoms with van der Waals surface area (Å²) in [5, 5.41) is 10.7. The molecule has 0 bridgehead atoms. The van der Waals surface area contributed by atoms with E-state index < -0.39 is 43.0 Å². The van der Waals surface area contributed by atoms with Gasteiger partial charge in [0.15, 0.2) is 18.7 Å². The summed E-state index contributed by atoms with van der Waals surface area (Å²) in [4.78, 5) is 12.6. The lowest BCUT2D eigenvalue weighted by molar-refractivity contribution is -0.357. The molecule has 0 aliphatic carbocycles. The van der Waals surface area contributed by atoms with Crippen LogP contribution in [0.4, 0.5) is 0 Å². The van der Waals surface area contributed by atoms with E-state index in [-0.39, 0.29) is 6.61 Å². The first-order valence-electron chi connectivity index (χ1n) is 9.11. The third-order valence-electron chi connectivity index (χ3n) is 4.86. The fourth-order valence-electron chi connectivity index (χ4n) is 3.44. The van der Waals surface area contributed by atoms with Crippen LogP contribution in [0.5, 0.6) is 0 Å². The smallest absolute Gasteiger partial charge is 0.338 e. The van der Waals surface area contributed by atoms with Gasteiger partial charge >= 0.3 is 5.97 Å². The van der Waals surface area contributed by atoms with E-state index in [1.807, 2.05) is 36.4 Å². The number of hydrogen-bond acceptors (Lipinski definition) is 7. The lowest BCUT2D eigenvalue weighted by Gasteiger charge is -2.47. The number of aliphatic hydroxyl groups is 1. The molecule has 1 unspecified atom stereocenters. The number of ether oxygens (including phenoxy) is 5. The minimum atomic E-state index is -1.20. The number of benzene rings is 2. The maximum Gasteiger partial charge on any atom is 0.338 e. The molecule has 4 rings (SSSR count). The molecule has 2 aliphatic heterocycles. The highest BCUT2D eigenvalue weighted by Gasteiger charge is 2.51. The van der Waals surface area contributed by atoms with Crippen LogP contribution >= 0.6 is 0 Å². The highest BCUT2D eigenvalue weighted by Crippen LogP contribution is 2.35. The molecule has 0 amide bonds. The predicted molar refractivity (Wildman–Crippen MR) is 97.3 cm³/mol. The first-order valence-corrected chi connectivity index (χ1v) is 9.11. The Bertz CT molecular complexity index is 782. The van der Waals surface area contributed by atoms with Crippen LogP contribution in [0.3, 0.4) is 0 Å². The van der Waals surface area contributed by atoms with E-state index in [0.29, 0.717) is 5.56 Å². The molecule has 1 N–H and O–H groups in total. The Morgan fingerprint density at radius 1 is 1.04 bits per heavy atom. The van der Waals surface area contributed by atoms with Crippen LogP contribution < -0.4 is 0 Å². The standard InChI is InChI=1S/C21H22O7/c1-24-21-16(22)18(27-19(23)13-8-4-2-5-9-13)17-15(26-21)12-25-20(28-17)14-10-6-3-7-11-14/h2-11,15-18,20-22H,12H2,1H3/t15-,16+,17-,18-,20?,21-/m1/s1. The van der Waals surface area contributed by atoms with E-state index in [0.717, 1.165) is 5.56 Å². The highest BCUT2D eigenvalue weighted by atomic mass is 16.8. The molecule has 28 heavy (non-hydrogen) atoms. The molecule has 0 aromatic heterocycles. The summed E-state index contributed by atoms with van der Waals surface area (Å²) in [6, 6.07) is 18.0. The number of fused-ring (bicyclic) bond motifs is 1. The zero-order chi connectivity index (χ0) is 19.5. The van der Waals surface area contributed by atoms with Crippen molar-refractivity contribution in [3.05, 3.63) is 71.8 Å². The summed E-state index contributed by atoms with van der Waals surface area (Å²) in [6.45, 7) is 0.218. The van der Waals surface area contributed by atoms with Crippen LogP contribution in [0.2, 0.25) is 0 Å². The second-order valence-corrected chi connectivity index (χ2v) is 6.68. The molecule has 0 radical (unpaired) electrons. The van der Waals surface area contributed by atoms with Crippen molar-refractivity contribution in [2.24, 2.45) is 0 Å². The van der Waals surface area contributed by atoms with Gasteiger partial charge in [0, 0.05) is 12.7 Å². The summed E-state index contributed by atoms with van der Waals surface area (Å²) in [6.07, 6.45) is -5.00. The summed E-state index contributed by atoms with van der Waals surface area (Å²) in [5.41, 5.74) is 1.22. The monoisotopic (exact) mass is 386 g/mol. The second kappa shape index (κ2) is 8.38. The molecule has 2 aromatic rings. The average Bonchev–Trinajstić information content (AvgIpc) is 2.76. The van der Waals surface area contributed by atoms with Crippen molar-refractivity contribution in [3.8, 4) is 0 Å². The van der Waals surface area contributed by atoms with Gasteiger partial charge < -0.3 is 28.8 Å². The van der Waals surface area contributed by atoms with Crippen molar-refractivity contribution < 1.29 is 33.6 Å². The van der Waals surface area contributed by atoms with E-state index in [1.54, 1.807) is 24.3 Å². The molecule has 2 heterocycles. The highest BCUT2D eigenvalue weighted by molar-refractivity contribution is 5.89. The van der Waals surface area contributed by atoms with Crippen LogP contribution in [0.1, 0.15) is 22.2 Å².